The number of aliphatic hydroxyl groups is 1. The lowest BCUT2D eigenvalue weighted by molar-refractivity contribution is -0.147. The van der Waals surface area contributed by atoms with Crippen LogP contribution in [0, 0.1) is 0 Å². The number of hydrogen-bond acceptors (Lipinski definition) is 7. The molecule has 9 nitrogen and oxygen atoms in total. The fraction of sp³-hybridized carbons (Fsp3) is 0.902. The second-order valence-electron chi connectivity index (χ2n) is 14.3. The molecule has 2 unspecified atom stereocenters. The van der Waals surface area contributed by atoms with Crippen LogP contribution in [0.2, 0.25) is 0 Å². The number of allylic oxidation sites excluding steroid dienone is 2. The van der Waals surface area contributed by atoms with Crippen LogP contribution in [0.4, 0.5) is 0 Å². The number of rotatable bonds is 40. The summed E-state index contributed by atoms with van der Waals surface area (Å²) in [6.07, 6.45) is 38.5. The van der Waals surface area contributed by atoms with E-state index in [0.717, 1.165) is 44.9 Å². The summed E-state index contributed by atoms with van der Waals surface area (Å²) < 4.78 is 26.8. The molecule has 1 amide bonds. The van der Waals surface area contributed by atoms with Gasteiger partial charge in [-0.3, -0.25) is 18.6 Å². The molecule has 51 heavy (non-hydrogen) atoms. The first kappa shape index (κ1) is 49.8. The highest BCUT2D eigenvalue weighted by Gasteiger charge is 2.23. The Balaban J connectivity index is 3.59. The molecule has 3 N–H and O–H groups in total. The molecule has 0 aliphatic carbocycles. The zero-order valence-electron chi connectivity index (χ0n) is 33.1. The Hall–Kier alpha value is -1.25. The van der Waals surface area contributed by atoms with E-state index < -0.39 is 26.5 Å². The van der Waals surface area contributed by atoms with Crippen LogP contribution < -0.4 is 5.32 Å². The third-order valence-corrected chi connectivity index (χ3v) is 10.2. The lowest BCUT2D eigenvalue weighted by Gasteiger charge is -2.15. The minimum absolute atomic E-state index is 0.0806. The van der Waals surface area contributed by atoms with Gasteiger partial charge >= 0.3 is 13.8 Å². The van der Waals surface area contributed by atoms with E-state index in [1.54, 1.807) is 0 Å². The Labute approximate surface area is 313 Å². The zero-order valence-corrected chi connectivity index (χ0v) is 34.0. The van der Waals surface area contributed by atoms with Crippen molar-refractivity contribution < 1.29 is 37.9 Å². The number of hydrogen-bond donors (Lipinski definition) is 3. The van der Waals surface area contributed by atoms with Gasteiger partial charge in [-0.05, 0) is 38.5 Å². The predicted octanol–water partition coefficient (Wildman–Crippen LogP) is 11.4. The van der Waals surface area contributed by atoms with Crippen molar-refractivity contribution in [1.29, 1.82) is 0 Å². The van der Waals surface area contributed by atoms with Crippen molar-refractivity contribution in [1.82, 2.24) is 5.32 Å². The molecular weight excluding hydrogens is 665 g/mol. The Morgan fingerprint density at radius 3 is 1.47 bits per heavy atom. The van der Waals surface area contributed by atoms with Gasteiger partial charge in [0.15, 0.2) is 0 Å². The van der Waals surface area contributed by atoms with Gasteiger partial charge in [0, 0.05) is 19.4 Å². The van der Waals surface area contributed by atoms with Crippen LogP contribution in [0.1, 0.15) is 206 Å². The van der Waals surface area contributed by atoms with Crippen molar-refractivity contribution in [2.24, 2.45) is 0 Å². The number of nitrogens with one attached hydrogen (secondary N) is 1. The Bertz CT molecular complexity index is 856. The van der Waals surface area contributed by atoms with Gasteiger partial charge in [0.1, 0.15) is 12.7 Å². The van der Waals surface area contributed by atoms with E-state index in [0.29, 0.717) is 6.42 Å². The lowest BCUT2D eigenvalue weighted by atomic mass is 10.0. The van der Waals surface area contributed by atoms with Crippen molar-refractivity contribution in [3.8, 4) is 0 Å². The normalized spacial score (nSPS) is 13.4. The van der Waals surface area contributed by atoms with Gasteiger partial charge in [0.05, 0.1) is 13.2 Å². The zero-order chi connectivity index (χ0) is 37.5. The van der Waals surface area contributed by atoms with Crippen molar-refractivity contribution in [3.63, 3.8) is 0 Å². The molecule has 0 heterocycles. The molecule has 0 aromatic carbocycles. The summed E-state index contributed by atoms with van der Waals surface area (Å²) in [5.74, 6) is -0.517. The molecule has 0 bridgehead atoms. The van der Waals surface area contributed by atoms with E-state index in [1.807, 2.05) is 0 Å². The number of esters is 1. The minimum Gasteiger partial charge on any atom is -0.463 e. The van der Waals surface area contributed by atoms with Crippen molar-refractivity contribution in [3.05, 3.63) is 12.2 Å². The van der Waals surface area contributed by atoms with E-state index in [-0.39, 0.29) is 32.1 Å². The quantitative estimate of drug-likeness (QED) is 0.0244. The third kappa shape index (κ3) is 39.8. The van der Waals surface area contributed by atoms with Gasteiger partial charge < -0.3 is 20.1 Å². The summed E-state index contributed by atoms with van der Waals surface area (Å²) in [6, 6.07) is 0. The minimum atomic E-state index is -4.41. The molecular formula is C41H80NO8P. The number of phosphoric ester groups is 1. The molecule has 0 rings (SSSR count). The predicted molar refractivity (Wildman–Crippen MR) is 211 cm³/mol. The largest absolute Gasteiger partial charge is 0.472 e. The average molecular weight is 746 g/mol. The van der Waals surface area contributed by atoms with Crippen LogP contribution in [0.25, 0.3) is 0 Å². The van der Waals surface area contributed by atoms with Gasteiger partial charge in [-0.2, -0.15) is 0 Å². The van der Waals surface area contributed by atoms with Crippen molar-refractivity contribution in [2.75, 3.05) is 26.4 Å². The fourth-order valence-electron chi connectivity index (χ4n) is 5.96. The molecule has 10 heteroatoms. The molecule has 0 aliphatic heterocycles. The van der Waals surface area contributed by atoms with Crippen LogP contribution >= 0.6 is 7.82 Å². The number of unbranched alkanes of at least 4 members (excludes halogenated alkanes) is 25. The fourth-order valence-corrected chi connectivity index (χ4v) is 6.72. The van der Waals surface area contributed by atoms with Crippen LogP contribution in [-0.2, 0) is 27.9 Å². The van der Waals surface area contributed by atoms with Gasteiger partial charge in [-0.25, -0.2) is 4.57 Å². The maximum absolute atomic E-state index is 12.1. The Morgan fingerprint density at radius 2 is 1.00 bits per heavy atom. The first-order chi connectivity index (χ1) is 24.8. The molecule has 2 atom stereocenters. The molecule has 0 fully saturated rings. The standard InChI is InChI=1S/C41H80NO8P/c1-3-5-7-9-11-13-15-17-19-21-23-25-27-29-31-33-40(44)42-35-36-49-51(46,47)50-38-39(43)37-48-41(45)34-32-30-28-26-24-22-20-18-16-14-12-10-8-6-4-2/h17,19,39,43H,3-16,18,20-38H2,1-2H3,(H,42,44)(H,46,47)/b19-17-. The highest BCUT2D eigenvalue weighted by molar-refractivity contribution is 7.47. The highest BCUT2D eigenvalue weighted by Crippen LogP contribution is 2.42. The summed E-state index contributed by atoms with van der Waals surface area (Å²) >= 11 is 0. The molecule has 302 valence electrons. The van der Waals surface area contributed by atoms with Gasteiger partial charge in [0.25, 0.3) is 0 Å². The number of aliphatic hydroxyl groups excluding tert-OH is 1. The molecule has 0 radical (unpaired) electrons. The maximum Gasteiger partial charge on any atom is 0.472 e. The van der Waals surface area contributed by atoms with Crippen LogP contribution in [0.5, 0.6) is 0 Å². The summed E-state index contributed by atoms with van der Waals surface area (Å²) in [6.45, 7) is 3.56. The second kappa shape index (κ2) is 38.5. The Kier molecular flexibility index (Phi) is 37.5. The van der Waals surface area contributed by atoms with E-state index in [2.05, 4.69) is 31.3 Å². The first-order valence-electron chi connectivity index (χ1n) is 21.2. The van der Waals surface area contributed by atoms with Crippen LogP contribution in [0.15, 0.2) is 12.2 Å². The van der Waals surface area contributed by atoms with Crippen molar-refractivity contribution >= 4 is 19.7 Å². The molecule has 0 saturated carbocycles. The molecule has 0 spiro atoms. The molecule has 0 aliphatic rings. The molecule has 0 aromatic rings. The van der Waals surface area contributed by atoms with Crippen molar-refractivity contribution in [2.45, 2.75) is 213 Å². The number of carbonyl (C=O) groups is 2. The Morgan fingerprint density at radius 1 is 0.588 bits per heavy atom. The molecule has 0 aromatic heterocycles. The van der Waals surface area contributed by atoms with Gasteiger partial charge in [-0.1, -0.05) is 167 Å². The van der Waals surface area contributed by atoms with E-state index in [9.17, 15) is 24.2 Å². The highest BCUT2D eigenvalue weighted by atomic mass is 31.2. The van der Waals surface area contributed by atoms with Gasteiger partial charge in [0.2, 0.25) is 5.91 Å². The maximum atomic E-state index is 12.1. The smallest absolute Gasteiger partial charge is 0.463 e. The topological polar surface area (TPSA) is 131 Å². The molecule has 0 saturated heterocycles. The summed E-state index contributed by atoms with van der Waals surface area (Å²) in [5.41, 5.74) is 0. The van der Waals surface area contributed by atoms with E-state index in [1.165, 1.54) is 135 Å². The van der Waals surface area contributed by atoms with Gasteiger partial charge in [-0.15, -0.1) is 0 Å². The number of amides is 1. The second-order valence-corrected chi connectivity index (χ2v) is 15.8. The third-order valence-electron chi connectivity index (χ3n) is 9.20. The van der Waals surface area contributed by atoms with Crippen LogP contribution in [-0.4, -0.2) is 54.3 Å². The number of ether oxygens (including phenoxy) is 1. The average Bonchev–Trinajstić information content (AvgIpc) is 3.11. The number of carbonyl (C=O) groups excluding carboxylic acids is 2. The number of phosphoric acid groups is 1. The summed E-state index contributed by atoms with van der Waals surface area (Å²) in [7, 11) is -4.41. The summed E-state index contributed by atoms with van der Waals surface area (Å²) in [5, 5.41) is 12.7. The van der Waals surface area contributed by atoms with E-state index in [4.69, 9.17) is 13.8 Å². The van der Waals surface area contributed by atoms with E-state index >= 15 is 0 Å². The SMILES string of the molecule is CCCCCCCC/C=C\CCCCCCCC(=O)NCCOP(=O)(O)OCC(O)COC(=O)CCCCCCCCCCCCCCCCC. The monoisotopic (exact) mass is 746 g/mol. The lowest BCUT2D eigenvalue weighted by Crippen LogP contribution is -2.27. The summed E-state index contributed by atoms with van der Waals surface area (Å²) in [4.78, 5) is 33.8. The first-order valence-corrected chi connectivity index (χ1v) is 22.7. The van der Waals surface area contributed by atoms with Crippen LogP contribution in [0.3, 0.4) is 0 Å².